The number of nitrogens with one attached hydrogen (secondary N) is 2. The lowest BCUT2D eigenvalue weighted by Gasteiger charge is -2.07. The highest BCUT2D eigenvalue weighted by atomic mass is 19.1. The van der Waals surface area contributed by atoms with Crippen molar-refractivity contribution in [2.75, 3.05) is 0 Å². The van der Waals surface area contributed by atoms with Crippen LogP contribution in [0.25, 0.3) is 10.9 Å². The first-order valence-electron chi connectivity index (χ1n) is 7.92. The molecule has 1 heterocycles. The van der Waals surface area contributed by atoms with Crippen LogP contribution in [0.2, 0.25) is 0 Å². The lowest BCUT2D eigenvalue weighted by molar-refractivity contribution is -0.121. The van der Waals surface area contributed by atoms with Gasteiger partial charge < -0.3 is 4.57 Å². The minimum Gasteiger partial charge on any atom is -0.350 e. The Hall–Kier alpha value is -3.15. The fraction of sp³-hybridized carbons (Fsp3) is 0.158. The van der Waals surface area contributed by atoms with Crippen molar-refractivity contribution in [1.29, 1.82) is 0 Å². The zero-order valence-corrected chi connectivity index (χ0v) is 13.8. The molecule has 2 N–H and O–H groups in total. The van der Waals surface area contributed by atoms with E-state index in [2.05, 4.69) is 10.9 Å². The van der Waals surface area contributed by atoms with Gasteiger partial charge in [0, 0.05) is 30.6 Å². The molecule has 2 aromatic carbocycles. The number of fused-ring (bicyclic) bond motifs is 1. The van der Waals surface area contributed by atoms with Gasteiger partial charge in [-0.3, -0.25) is 20.4 Å². The zero-order chi connectivity index (χ0) is 17.8. The van der Waals surface area contributed by atoms with E-state index in [0.717, 1.165) is 16.5 Å². The number of aromatic nitrogens is 1. The average molecular weight is 339 g/mol. The number of para-hydroxylation sites is 1. The van der Waals surface area contributed by atoms with Crippen LogP contribution in [0, 0.1) is 5.82 Å². The van der Waals surface area contributed by atoms with Crippen LogP contribution in [0.3, 0.4) is 0 Å². The predicted molar refractivity (Wildman–Crippen MR) is 93.2 cm³/mol. The van der Waals surface area contributed by atoms with Gasteiger partial charge in [0.15, 0.2) is 0 Å². The maximum atomic E-state index is 13.1. The number of hydrazine groups is 1. The fourth-order valence-corrected chi connectivity index (χ4v) is 2.73. The molecule has 0 unspecified atom stereocenters. The van der Waals surface area contributed by atoms with E-state index in [4.69, 9.17) is 0 Å². The van der Waals surface area contributed by atoms with Crippen LogP contribution in [0.15, 0.2) is 54.7 Å². The lowest BCUT2D eigenvalue weighted by Crippen LogP contribution is -2.41. The van der Waals surface area contributed by atoms with Crippen molar-refractivity contribution in [2.45, 2.75) is 12.8 Å². The van der Waals surface area contributed by atoms with E-state index in [-0.39, 0.29) is 24.1 Å². The van der Waals surface area contributed by atoms with E-state index in [1.807, 2.05) is 35.9 Å². The van der Waals surface area contributed by atoms with E-state index >= 15 is 0 Å². The summed E-state index contributed by atoms with van der Waals surface area (Å²) >= 11 is 0. The topological polar surface area (TPSA) is 63.1 Å². The first-order valence-corrected chi connectivity index (χ1v) is 7.92. The summed E-state index contributed by atoms with van der Waals surface area (Å²) in [7, 11) is 1.86. The highest BCUT2D eigenvalue weighted by Gasteiger charge is 2.14. The molecule has 0 bridgehead atoms. The van der Waals surface area contributed by atoms with Gasteiger partial charge in [0.25, 0.3) is 5.91 Å². The summed E-state index contributed by atoms with van der Waals surface area (Å²) < 4.78 is 15.0. The van der Waals surface area contributed by atoms with Crippen LogP contribution in [-0.2, 0) is 18.3 Å². The second-order valence-corrected chi connectivity index (χ2v) is 5.80. The average Bonchev–Trinajstić information content (AvgIpc) is 2.95. The second-order valence-electron chi connectivity index (χ2n) is 5.80. The van der Waals surface area contributed by atoms with E-state index in [9.17, 15) is 14.0 Å². The normalized spacial score (nSPS) is 10.6. The Morgan fingerprint density at radius 1 is 1.08 bits per heavy atom. The smallest absolute Gasteiger partial charge is 0.271 e. The molecule has 0 saturated carbocycles. The maximum absolute atomic E-state index is 13.1. The van der Waals surface area contributed by atoms with Gasteiger partial charge in [-0.2, -0.15) is 0 Å². The van der Waals surface area contributed by atoms with Gasteiger partial charge in [0.05, 0.1) is 5.56 Å². The summed E-state index contributed by atoms with van der Waals surface area (Å²) in [6, 6.07) is 13.6. The minimum absolute atomic E-state index is 0.152. The number of carbonyl (C=O) groups excluding carboxylic acids is 2. The number of halogens is 1. The summed E-state index contributed by atoms with van der Waals surface area (Å²) in [5, 5.41) is 0.816. The summed E-state index contributed by atoms with van der Waals surface area (Å²) in [4.78, 5) is 24.2. The SMILES string of the molecule is Cn1cc(C(=O)NNC(=O)CCc2cccc(F)c2)c2ccccc21. The number of hydrogen-bond acceptors (Lipinski definition) is 2. The fourth-order valence-electron chi connectivity index (χ4n) is 2.73. The zero-order valence-electron chi connectivity index (χ0n) is 13.8. The molecule has 128 valence electrons. The summed E-state index contributed by atoms with van der Waals surface area (Å²) in [6.45, 7) is 0. The Labute approximate surface area is 144 Å². The van der Waals surface area contributed by atoms with Crippen LogP contribution >= 0.6 is 0 Å². The first kappa shape index (κ1) is 16.7. The van der Waals surface area contributed by atoms with Crippen LogP contribution in [0.5, 0.6) is 0 Å². The lowest BCUT2D eigenvalue weighted by atomic mass is 10.1. The van der Waals surface area contributed by atoms with Crippen molar-refractivity contribution in [2.24, 2.45) is 7.05 Å². The number of aryl methyl sites for hydroxylation is 2. The molecule has 0 fully saturated rings. The van der Waals surface area contributed by atoms with Gasteiger partial charge in [-0.05, 0) is 30.2 Å². The molecular formula is C19H18FN3O2. The molecule has 2 amide bonds. The summed E-state index contributed by atoms with van der Waals surface area (Å²) in [6.07, 6.45) is 2.27. The Kier molecular flexibility index (Phi) is 4.79. The molecule has 0 atom stereocenters. The van der Waals surface area contributed by atoms with Crippen LogP contribution in [0.1, 0.15) is 22.3 Å². The highest BCUT2D eigenvalue weighted by molar-refractivity contribution is 6.07. The van der Waals surface area contributed by atoms with Gasteiger partial charge in [-0.1, -0.05) is 30.3 Å². The third-order valence-corrected chi connectivity index (χ3v) is 3.99. The third-order valence-electron chi connectivity index (χ3n) is 3.99. The Bertz CT molecular complexity index is 933. The van der Waals surface area contributed by atoms with Crippen molar-refractivity contribution in [3.63, 3.8) is 0 Å². The molecule has 1 aromatic heterocycles. The Balaban J connectivity index is 1.57. The number of amides is 2. The van der Waals surface area contributed by atoms with Gasteiger partial charge in [-0.15, -0.1) is 0 Å². The maximum Gasteiger partial charge on any atom is 0.271 e. The Morgan fingerprint density at radius 3 is 2.68 bits per heavy atom. The van der Waals surface area contributed by atoms with Crippen molar-refractivity contribution in [3.8, 4) is 0 Å². The molecule has 0 saturated heterocycles. The Morgan fingerprint density at radius 2 is 1.88 bits per heavy atom. The molecule has 0 aliphatic carbocycles. The molecular weight excluding hydrogens is 321 g/mol. The van der Waals surface area contributed by atoms with Crippen LogP contribution in [-0.4, -0.2) is 16.4 Å². The van der Waals surface area contributed by atoms with E-state index in [1.165, 1.54) is 12.1 Å². The standard InChI is InChI=1S/C19H18FN3O2/c1-23-12-16(15-7-2-3-8-17(15)23)19(25)22-21-18(24)10-9-13-5-4-6-14(20)11-13/h2-8,11-12H,9-10H2,1H3,(H,21,24)(H,22,25). The number of rotatable bonds is 4. The molecule has 3 aromatic rings. The minimum atomic E-state index is -0.379. The molecule has 6 heteroatoms. The van der Waals surface area contributed by atoms with Gasteiger partial charge in [-0.25, -0.2) is 4.39 Å². The molecule has 0 aliphatic heterocycles. The van der Waals surface area contributed by atoms with E-state index in [0.29, 0.717) is 12.0 Å². The number of benzene rings is 2. The van der Waals surface area contributed by atoms with Gasteiger partial charge in [0.1, 0.15) is 5.82 Å². The highest BCUT2D eigenvalue weighted by Crippen LogP contribution is 2.19. The molecule has 3 rings (SSSR count). The molecule has 0 spiro atoms. The van der Waals surface area contributed by atoms with Crippen LogP contribution in [0.4, 0.5) is 4.39 Å². The molecule has 25 heavy (non-hydrogen) atoms. The van der Waals surface area contributed by atoms with Gasteiger partial charge >= 0.3 is 0 Å². The largest absolute Gasteiger partial charge is 0.350 e. The predicted octanol–water partition coefficient (Wildman–Crippen LogP) is 2.71. The summed E-state index contributed by atoms with van der Waals surface area (Å²) in [5.74, 6) is -1.05. The molecule has 5 nitrogen and oxygen atoms in total. The van der Waals surface area contributed by atoms with E-state index in [1.54, 1.807) is 18.3 Å². The number of carbonyl (C=O) groups is 2. The van der Waals surface area contributed by atoms with Crippen molar-refractivity contribution in [3.05, 3.63) is 71.7 Å². The number of hydrogen-bond donors (Lipinski definition) is 2. The molecule has 0 aliphatic rings. The quantitative estimate of drug-likeness (QED) is 0.718. The van der Waals surface area contributed by atoms with E-state index < -0.39 is 0 Å². The third kappa shape index (κ3) is 3.85. The summed E-state index contributed by atoms with van der Waals surface area (Å²) in [5.41, 5.74) is 6.98. The van der Waals surface area contributed by atoms with Crippen molar-refractivity contribution in [1.82, 2.24) is 15.4 Å². The second kappa shape index (κ2) is 7.17. The first-order chi connectivity index (χ1) is 12.0. The number of nitrogens with zero attached hydrogens (tertiary/aromatic N) is 1. The van der Waals surface area contributed by atoms with Crippen molar-refractivity contribution < 1.29 is 14.0 Å². The monoisotopic (exact) mass is 339 g/mol. The van der Waals surface area contributed by atoms with Gasteiger partial charge in [0.2, 0.25) is 5.91 Å². The molecule has 0 radical (unpaired) electrons. The van der Waals surface area contributed by atoms with Crippen LogP contribution < -0.4 is 10.9 Å². The van der Waals surface area contributed by atoms with Crippen molar-refractivity contribution >= 4 is 22.7 Å².